The number of piperazine rings is 1. The van der Waals surface area contributed by atoms with Crippen molar-refractivity contribution >= 4 is 23.3 Å². The van der Waals surface area contributed by atoms with Crippen molar-refractivity contribution in [2.24, 2.45) is 0 Å². The van der Waals surface area contributed by atoms with Gasteiger partial charge in [-0.15, -0.1) is 0 Å². The molecule has 2 fully saturated rings. The average molecular weight is 349 g/mol. The Morgan fingerprint density at radius 3 is 2.62 bits per heavy atom. The van der Waals surface area contributed by atoms with Crippen molar-refractivity contribution in [3.05, 3.63) is 28.8 Å². The molecular weight excluding hydrogens is 328 g/mol. The van der Waals surface area contributed by atoms with E-state index in [1.807, 2.05) is 6.07 Å². The second kappa shape index (κ2) is 7.39. The van der Waals surface area contributed by atoms with Crippen LogP contribution in [0.15, 0.2) is 18.2 Å². The highest BCUT2D eigenvalue weighted by atomic mass is 35.5. The molecule has 24 heavy (non-hydrogen) atoms. The lowest BCUT2D eigenvalue weighted by Crippen LogP contribution is -2.54. The van der Waals surface area contributed by atoms with Gasteiger partial charge in [0.15, 0.2) is 0 Å². The van der Waals surface area contributed by atoms with Gasteiger partial charge in [0.05, 0.1) is 16.7 Å². The number of carbonyl (C=O) groups excluding carboxylic acids is 1. The van der Waals surface area contributed by atoms with Crippen LogP contribution in [-0.2, 0) is 0 Å². The first-order valence-electron chi connectivity index (χ1n) is 8.26. The SMILES string of the molecule is N#Cc1ccc(NC(=O)N2CCN([C@H]3CCC[C@H]3O)CC2)cc1Cl. The predicted molar refractivity (Wildman–Crippen MR) is 92.0 cm³/mol. The highest BCUT2D eigenvalue weighted by Gasteiger charge is 2.33. The van der Waals surface area contributed by atoms with Crippen molar-refractivity contribution in [3.63, 3.8) is 0 Å². The molecule has 1 aliphatic carbocycles. The van der Waals surface area contributed by atoms with E-state index in [1.54, 1.807) is 23.1 Å². The summed E-state index contributed by atoms with van der Waals surface area (Å²) in [5.74, 6) is 0. The first-order chi connectivity index (χ1) is 11.6. The van der Waals surface area contributed by atoms with Crippen LogP contribution in [-0.4, -0.2) is 59.3 Å². The number of urea groups is 1. The minimum Gasteiger partial charge on any atom is -0.391 e. The number of benzene rings is 1. The summed E-state index contributed by atoms with van der Waals surface area (Å²) < 4.78 is 0. The fraction of sp³-hybridized carbons (Fsp3) is 0.529. The van der Waals surface area contributed by atoms with Crippen molar-refractivity contribution in [2.75, 3.05) is 31.5 Å². The molecule has 1 heterocycles. The Morgan fingerprint density at radius 2 is 2.04 bits per heavy atom. The highest BCUT2D eigenvalue weighted by molar-refractivity contribution is 6.32. The zero-order valence-electron chi connectivity index (χ0n) is 13.4. The molecule has 0 radical (unpaired) electrons. The largest absolute Gasteiger partial charge is 0.391 e. The Balaban J connectivity index is 1.54. The summed E-state index contributed by atoms with van der Waals surface area (Å²) in [6.07, 6.45) is 2.76. The number of nitrogens with zero attached hydrogens (tertiary/aromatic N) is 3. The topological polar surface area (TPSA) is 79.6 Å². The smallest absolute Gasteiger partial charge is 0.321 e. The average Bonchev–Trinajstić information content (AvgIpc) is 3.01. The predicted octanol–water partition coefficient (Wildman–Crippen LogP) is 2.27. The summed E-state index contributed by atoms with van der Waals surface area (Å²) in [7, 11) is 0. The maximum atomic E-state index is 12.4. The molecule has 0 aromatic heterocycles. The standard InChI is InChI=1S/C17H21ClN4O2/c18-14-10-13(5-4-12(14)11-19)20-17(24)22-8-6-21(7-9-22)15-2-1-3-16(15)23/h4-5,10,15-16,23H,1-3,6-9H2,(H,20,24)/t15-,16+/m0/s1. The van der Waals surface area contributed by atoms with Crippen LogP contribution in [0.4, 0.5) is 10.5 Å². The van der Waals surface area contributed by atoms with Gasteiger partial charge < -0.3 is 15.3 Å². The van der Waals surface area contributed by atoms with E-state index in [0.29, 0.717) is 29.4 Å². The van der Waals surface area contributed by atoms with E-state index in [4.69, 9.17) is 16.9 Å². The zero-order valence-corrected chi connectivity index (χ0v) is 14.2. The van der Waals surface area contributed by atoms with Crippen molar-refractivity contribution in [1.29, 1.82) is 5.26 Å². The van der Waals surface area contributed by atoms with Gasteiger partial charge in [0.2, 0.25) is 0 Å². The van der Waals surface area contributed by atoms with E-state index < -0.39 is 0 Å². The van der Waals surface area contributed by atoms with Gasteiger partial charge in [-0.1, -0.05) is 11.6 Å². The third kappa shape index (κ3) is 3.64. The molecule has 0 unspecified atom stereocenters. The molecule has 3 rings (SSSR count). The van der Waals surface area contributed by atoms with Crippen molar-refractivity contribution in [1.82, 2.24) is 9.80 Å². The maximum Gasteiger partial charge on any atom is 0.321 e. The van der Waals surface area contributed by atoms with E-state index >= 15 is 0 Å². The van der Waals surface area contributed by atoms with Crippen LogP contribution in [0, 0.1) is 11.3 Å². The molecule has 1 saturated heterocycles. The normalized spacial score (nSPS) is 24.6. The Kier molecular flexibility index (Phi) is 5.24. The molecule has 128 valence electrons. The van der Waals surface area contributed by atoms with Crippen LogP contribution in [0.1, 0.15) is 24.8 Å². The molecular formula is C17H21ClN4O2. The number of rotatable bonds is 2. The van der Waals surface area contributed by atoms with Gasteiger partial charge >= 0.3 is 6.03 Å². The number of nitriles is 1. The third-order valence-electron chi connectivity index (χ3n) is 4.86. The lowest BCUT2D eigenvalue weighted by atomic mass is 10.1. The molecule has 1 aromatic carbocycles. The van der Waals surface area contributed by atoms with Crippen molar-refractivity contribution < 1.29 is 9.90 Å². The summed E-state index contributed by atoms with van der Waals surface area (Å²) in [5.41, 5.74) is 0.969. The number of carbonyl (C=O) groups is 1. The number of halogens is 1. The fourth-order valence-electron chi connectivity index (χ4n) is 3.49. The van der Waals surface area contributed by atoms with Gasteiger partial charge in [0, 0.05) is 37.9 Å². The number of nitrogens with one attached hydrogen (secondary N) is 1. The summed E-state index contributed by atoms with van der Waals surface area (Å²) in [6.45, 7) is 2.84. The van der Waals surface area contributed by atoms with Gasteiger partial charge in [-0.2, -0.15) is 5.26 Å². The Labute approximate surface area is 146 Å². The minimum atomic E-state index is -0.230. The van der Waals surface area contributed by atoms with Gasteiger partial charge in [-0.05, 0) is 37.5 Å². The van der Waals surface area contributed by atoms with E-state index in [0.717, 1.165) is 32.4 Å². The Morgan fingerprint density at radius 1 is 1.29 bits per heavy atom. The van der Waals surface area contributed by atoms with Gasteiger partial charge in [0.1, 0.15) is 6.07 Å². The van der Waals surface area contributed by atoms with Crippen LogP contribution in [0.25, 0.3) is 0 Å². The Hall–Kier alpha value is -1.81. The third-order valence-corrected chi connectivity index (χ3v) is 5.17. The van der Waals surface area contributed by atoms with Gasteiger partial charge in [0.25, 0.3) is 0 Å². The molecule has 6 nitrogen and oxygen atoms in total. The molecule has 2 atom stereocenters. The molecule has 7 heteroatoms. The van der Waals surface area contributed by atoms with E-state index in [-0.39, 0.29) is 18.2 Å². The molecule has 1 aromatic rings. The molecule has 0 spiro atoms. The lowest BCUT2D eigenvalue weighted by Gasteiger charge is -2.39. The molecule has 1 saturated carbocycles. The summed E-state index contributed by atoms with van der Waals surface area (Å²) in [6, 6.07) is 6.93. The molecule has 2 amide bonds. The summed E-state index contributed by atoms with van der Waals surface area (Å²) in [4.78, 5) is 16.4. The lowest BCUT2D eigenvalue weighted by molar-refractivity contribution is 0.0447. The van der Waals surface area contributed by atoms with Gasteiger partial charge in [-0.25, -0.2) is 4.79 Å². The first-order valence-corrected chi connectivity index (χ1v) is 8.64. The highest BCUT2D eigenvalue weighted by Crippen LogP contribution is 2.25. The van der Waals surface area contributed by atoms with Crippen LogP contribution in [0.2, 0.25) is 5.02 Å². The van der Waals surface area contributed by atoms with Crippen LogP contribution in [0.5, 0.6) is 0 Å². The number of hydrogen-bond donors (Lipinski definition) is 2. The van der Waals surface area contributed by atoms with Crippen molar-refractivity contribution in [2.45, 2.75) is 31.4 Å². The second-order valence-corrected chi connectivity index (χ2v) is 6.73. The monoisotopic (exact) mass is 348 g/mol. The summed E-state index contributed by atoms with van der Waals surface area (Å²) >= 11 is 5.99. The van der Waals surface area contributed by atoms with Crippen LogP contribution < -0.4 is 5.32 Å². The van der Waals surface area contributed by atoms with Crippen LogP contribution in [0.3, 0.4) is 0 Å². The molecule has 2 N–H and O–H groups in total. The van der Waals surface area contributed by atoms with E-state index in [1.165, 1.54) is 0 Å². The zero-order chi connectivity index (χ0) is 17.1. The summed E-state index contributed by atoms with van der Waals surface area (Å²) in [5, 5.41) is 22.0. The fourth-order valence-corrected chi connectivity index (χ4v) is 3.71. The number of anilines is 1. The van der Waals surface area contributed by atoms with Gasteiger partial charge in [-0.3, -0.25) is 4.90 Å². The van der Waals surface area contributed by atoms with E-state index in [9.17, 15) is 9.90 Å². The maximum absolute atomic E-state index is 12.4. The quantitative estimate of drug-likeness (QED) is 0.859. The molecule has 0 bridgehead atoms. The first kappa shape index (κ1) is 17.0. The number of aliphatic hydroxyl groups is 1. The number of hydrogen-bond acceptors (Lipinski definition) is 4. The Bertz CT molecular complexity index is 652. The van der Waals surface area contributed by atoms with E-state index in [2.05, 4.69) is 10.2 Å². The second-order valence-electron chi connectivity index (χ2n) is 6.33. The molecule has 1 aliphatic heterocycles. The minimum absolute atomic E-state index is 0.164. The number of aliphatic hydroxyl groups excluding tert-OH is 1. The van der Waals surface area contributed by atoms with Crippen molar-refractivity contribution in [3.8, 4) is 6.07 Å². The molecule has 2 aliphatic rings. The van der Waals surface area contributed by atoms with Crippen LogP contribution >= 0.6 is 11.6 Å². The number of amides is 2.